The van der Waals surface area contributed by atoms with Crippen molar-refractivity contribution in [3.8, 4) is 5.75 Å². The van der Waals surface area contributed by atoms with Gasteiger partial charge in [0.2, 0.25) is 53.2 Å². The number of aliphatic carboxylic acids is 1. The summed E-state index contributed by atoms with van der Waals surface area (Å²) >= 11 is 0. The lowest BCUT2D eigenvalue weighted by atomic mass is 9.89. The smallest absolute Gasteiger partial charge is 0.326 e. The van der Waals surface area contributed by atoms with Crippen molar-refractivity contribution in [1.82, 2.24) is 46.6 Å². The summed E-state index contributed by atoms with van der Waals surface area (Å²) in [6.45, 7) is 15.7. The lowest BCUT2D eigenvalue weighted by Crippen LogP contribution is -2.59. The first kappa shape index (κ1) is 76.4. The van der Waals surface area contributed by atoms with Crippen LogP contribution in [0.5, 0.6) is 5.75 Å². The zero-order chi connectivity index (χ0) is 67.0. The average molecular weight is 1260 g/mol. The summed E-state index contributed by atoms with van der Waals surface area (Å²) in [5.41, 5.74) is 11.9. The second-order valence-corrected chi connectivity index (χ2v) is 23.7. The van der Waals surface area contributed by atoms with Crippen molar-refractivity contribution in [3.63, 3.8) is 0 Å². The van der Waals surface area contributed by atoms with Crippen molar-refractivity contribution in [2.24, 2.45) is 35.1 Å². The van der Waals surface area contributed by atoms with Gasteiger partial charge in [-0.2, -0.15) is 0 Å². The van der Waals surface area contributed by atoms with Gasteiger partial charge >= 0.3 is 11.9 Å². The Morgan fingerprint density at radius 1 is 0.775 bits per heavy atom. The number of amides is 9. The third-order valence-electron chi connectivity index (χ3n) is 16.1. The molecule has 0 saturated carbocycles. The van der Waals surface area contributed by atoms with Crippen LogP contribution in [0.2, 0.25) is 0 Å². The highest BCUT2D eigenvalue weighted by molar-refractivity contribution is 5.99. The standard InChI is InChI=1S/C60H100N12O17/c1-15-34(6)51(71(12)59(82)49(32(2)3)69-58(81)50(33(4)5)70(10)11)43(85-13)31-45(74)72-24-16-17-41(72)52(86-14)35(7)53(76)68-40(60(83)84)30-38-18-19-42-39(29-38)67-55(78)37(9)66-54(77)36(8)65-44(73)20-25-87-27-22-63-56(79)47(61)48(62)57(80)64-23-28-88-26-21-46(75)89-42/h18-19,29,32-37,40-41,43,47-52H,15-17,20-28,30-31,61-62H2,1-14H3,(H,63,79)(H,64,80)(H,65,73)(H,66,77)(H,67,78)(H,68,76)(H,69,81)(H,83,84)/t34-,35+,36-,37-,40-,41-,43+,47?,48?,49-,50-,51-,52+/m0/s1. The minimum atomic E-state index is -1.57. The van der Waals surface area contributed by atoms with Gasteiger partial charge in [0.1, 0.15) is 36.3 Å². The Balaban J connectivity index is 1.85. The van der Waals surface area contributed by atoms with Crippen molar-refractivity contribution in [3.05, 3.63) is 23.8 Å². The van der Waals surface area contributed by atoms with Crippen LogP contribution in [0.1, 0.15) is 106 Å². The predicted octanol–water partition coefficient (Wildman–Crippen LogP) is -0.987. The molecule has 89 heavy (non-hydrogen) atoms. The number of fused-ring (bicyclic) bond motifs is 1. The van der Waals surface area contributed by atoms with E-state index >= 15 is 0 Å². The van der Waals surface area contributed by atoms with Crippen molar-refractivity contribution in [1.29, 1.82) is 0 Å². The van der Waals surface area contributed by atoms with Crippen LogP contribution in [0, 0.1) is 23.7 Å². The first-order chi connectivity index (χ1) is 41.9. The first-order valence-corrected chi connectivity index (χ1v) is 30.5. The van der Waals surface area contributed by atoms with Gasteiger partial charge in [0, 0.05) is 53.7 Å². The highest BCUT2D eigenvalue weighted by Gasteiger charge is 2.44. The third-order valence-corrected chi connectivity index (χ3v) is 16.1. The zero-order valence-electron chi connectivity index (χ0n) is 54.3. The maximum absolute atomic E-state index is 14.5. The lowest BCUT2D eigenvalue weighted by molar-refractivity contribution is -0.148. The Morgan fingerprint density at radius 2 is 1.37 bits per heavy atom. The van der Waals surface area contributed by atoms with E-state index in [0.717, 1.165) is 0 Å². The lowest BCUT2D eigenvalue weighted by Gasteiger charge is -2.41. The number of carbonyl (C=O) groups is 11. The van der Waals surface area contributed by atoms with Crippen molar-refractivity contribution >= 4 is 70.8 Å². The average Bonchev–Trinajstić information content (AvgIpc) is 2.98. The maximum Gasteiger partial charge on any atom is 0.326 e. The second-order valence-electron chi connectivity index (χ2n) is 23.7. The molecule has 3 rings (SSSR count). The quantitative estimate of drug-likeness (QED) is 0.0522. The molecule has 0 aliphatic carbocycles. The molecule has 13 atom stereocenters. The van der Waals surface area contributed by atoms with E-state index in [2.05, 4.69) is 37.2 Å². The number of likely N-dealkylation sites (N-methyl/N-ethyl adjacent to an activating group) is 2. The SMILES string of the molecule is CC[C@H](C)[C@@H]([C@@H](CC(=O)N1CCC[C@H]1[C@H](OC)[C@@H](C)C(=O)N[C@@H](Cc1ccc2c(c1)NC(=O)[C@H](C)NC(=O)[C@H](C)NC(=O)CCOCCNC(=O)C(N)C(N)C(=O)NCCOCCC(=O)O2)C(=O)O)OC)N(C)C(=O)[C@@H](NC(=O)[C@H](C(C)C)N(C)C)C(C)C. The predicted molar refractivity (Wildman–Crippen MR) is 327 cm³/mol. The Labute approximate surface area is 522 Å². The van der Waals surface area contributed by atoms with Crippen LogP contribution in [0.25, 0.3) is 0 Å². The molecule has 2 aliphatic heterocycles. The van der Waals surface area contributed by atoms with E-state index in [9.17, 15) is 57.8 Å². The molecular formula is C60H100N12O17. The molecule has 2 unspecified atom stereocenters. The molecule has 2 aliphatic rings. The van der Waals surface area contributed by atoms with E-state index < -0.39 is 120 Å². The number of nitrogens with one attached hydrogen (secondary N) is 7. The Morgan fingerprint density at radius 3 is 1.91 bits per heavy atom. The van der Waals surface area contributed by atoms with Crippen LogP contribution in [0.3, 0.4) is 0 Å². The largest absolute Gasteiger partial charge is 0.480 e. The van der Waals surface area contributed by atoms with Crippen LogP contribution in [0.15, 0.2) is 18.2 Å². The molecule has 0 aromatic heterocycles. The summed E-state index contributed by atoms with van der Waals surface area (Å²) in [7, 11) is 8.16. The fourth-order valence-electron chi connectivity index (χ4n) is 10.8. The van der Waals surface area contributed by atoms with Crippen LogP contribution in [-0.2, 0) is 78.1 Å². The van der Waals surface area contributed by atoms with Gasteiger partial charge in [-0.1, -0.05) is 61.0 Å². The van der Waals surface area contributed by atoms with Gasteiger partial charge in [-0.05, 0) is 76.2 Å². The summed E-state index contributed by atoms with van der Waals surface area (Å²) in [5, 5.41) is 28.8. The summed E-state index contributed by atoms with van der Waals surface area (Å²) in [6.07, 6.45) is -1.02. The molecule has 1 aromatic carbocycles. The van der Waals surface area contributed by atoms with Gasteiger partial charge < -0.3 is 87.3 Å². The second kappa shape index (κ2) is 37.3. The van der Waals surface area contributed by atoms with E-state index in [4.69, 9.17) is 35.2 Å². The van der Waals surface area contributed by atoms with Crippen molar-refractivity contribution < 1.29 is 81.5 Å². The normalized spacial score (nSPS) is 23.0. The fraction of sp³-hybridized carbons (Fsp3) is 0.717. The number of nitrogens with zero attached hydrogens (tertiary/aromatic N) is 3. The van der Waals surface area contributed by atoms with E-state index in [1.807, 2.05) is 60.5 Å². The molecule has 1 fully saturated rings. The zero-order valence-corrected chi connectivity index (χ0v) is 54.3. The van der Waals surface area contributed by atoms with Gasteiger partial charge in [0.25, 0.3) is 0 Å². The summed E-state index contributed by atoms with van der Waals surface area (Å²) < 4.78 is 28.5. The molecule has 0 spiro atoms. The number of hydrogen-bond acceptors (Lipinski definition) is 19. The first-order valence-electron chi connectivity index (χ1n) is 30.5. The molecule has 29 heteroatoms. The van der Waals surface area contributed by atoms with Crippen LogP contribution in [-0.4, -0.2) is 233 Å². The number of anilines is 1. The minimum Gasteiger partial charge on any atom is -0.480 e. The van der Waals surface area contributed by atoms with Crippen molar-refractivity contribution in [2.45, 2.75) is 174 Å². The number of methoxy groups -OCH3 is 2. The van der Waals surface area contributed by atoms with E-state index in [-0.39, 0.29) is 118 Å². The molecule has 9 amide bonds. The van der Waals surface area contributed by atoms with Gasteiger partial charge in [-0.25, -0.2) is 4.79 Å². The number of benzene rings is 1. The minimum absolute atomic E-state index is 0.0145. The summed E-state index contributed by atoms with van der Waals surface area (Å²) in [5.74, 6) is -9.07. The number of nitrogens with two attached hydrogens (primary N) is 2. The fourth-order valence-corrected chi connectivity index (χ4v) is 10.8. The Kier molecular flexibility index (Phi) is 32.0. The highest BCUT2D eigenvalue weighted by atomic mass is 16.5. The number of likely N-dealkylation sites (tertiary alicyclic amines) is 1. The number of ether oxygens (including phenoxy) is 5. The van der Waals surface area contributed by atoms with Crippen LogP contribution >= 0.6 is 0 Å². The van der Waals surface area contributed by atoms with Crippen LogP contribution < -0.4 is 53.4 Å². The van der Waals surface area contributed by atoms with Gasteiger partial charge in [-0.15, -0.1) is 0 Å². The molecule has 0 radical (unpaired) electrons. The Bertz CT molecular complexity index is 2570. The monoisotopic (exact) mass is 1260 g/mol. The molecule has 1 saturated heterocycles. The van der Waals surface area contributed by atoms with E-state index in [0.29, 0.717) is 25.8 Å². The van der Waals surface area contributed by atoms with Crippen molar-refractivity contribution in [2.75, 3.05) is 86.7 Å². The molecule has 502 valence electrons. The number of hydrogen-bond donors (Lipinski definition) is 10. The van der Waals surface area contributed by atoms with Gasteiger partial charge in [-0.3, -0.25) is 52.8 Å². The third kappa shape index (κ3) is 23.1. The topological polar surface area (TPSA) is 400 Å². The number of carboxylic acid groups (broad SMARTS) is 1. The maximum atomic E-state index is 14.5. The van der Waals surface area contributed by atoms with E-state index in [1.165, 1.54) is 46.3 Å². The molecule has 0 bridgehead atoms. The number of esters is 1. The summed E-state index contributed by atoms with van der Waals surface area (Å²) in [4.78, 5) is 153. The Hall–Kier alpha value is -6.89. The molecule has 12 N–H and O–H groups in total. The highest BCUT2D eigenvalue weighted by Crippen LogP contribution is 2.31. The molecular weight excluding hydrogens is 1160 g/mol. The number of rotatable bonds is 21. The number of carboxylic acids is 1. The van der Waals surface area contributed by atoms with Gasteiger partial charge in [0.15, 0.2) is 5.75 Å². The van der Waals surface area contributed by atoms with E-state index in [1.54, 1.807) is 23.8 Å². The number of carbonyl (C=O) groups excluding carboxylic acids is 10. The molecule has 1 aromatic rings. The molecule has 29 nitrogen and oxygen atoms in total. The van der Waals surface area contributed by atoms with Gasteiger partial charge in [0.05, 0.1) is 81.2 Å². The molecule has 2 heterocycles. The van der Waals surface area contributed by atoms with Crippen LogP contribution in [0.4, 0.5) is 5.69 Å². The summed E-state index contributed by atoms with van der Waals surface area (Å²) in [6, 6.07) is -5.25.